The number of carbonyl (C=O) groups excluding carboxylic acids is 2. The van der Waals surface area contributed by atoms with Crippen LogP contribution in [0, 0.1) is 0 Å². The maximum absolute atomic E-state index is 12.1. The molecule has 0 aromatic heterocycles. The number of fused-ring (bicyclic) bond motifs is 1. The Labute approximate surface area is 156 Å². The number of rotatable bonds is 6. The van der Waals surface area contributed by atoms with Crippen LogP contribution in [0.2, 0.25) is 0 Å². The van der Waals surface area contributed by atoms with Crippen molar-refractivity contribution in [3.63, 3.8) is 0 Å². The smallest absolute Gasteiger partial charge is 0.338 e. The molecule has 1 aliphatic heterocycles. The molecule has 142 valence electrons. The Kier molecular flexibility index (Phi) is 5.31. The van der Waals surface area contributed by atoms with Gasteiger partial charge in [-0.05, 0) is 29.8 Å². The second kappa shape index (κ2) is 7.67. The number of carbonyl (C=O) groups is 2. The third-order valence-electron chi connectivity index (χ3n) is 3.58. The van der Waals surface area contributed by atoms with E-state index in [9.17, 15) is 18.0 Å². The standard InChI is InChI=1S/C18H17NO7S/c1-27(22,23)10-12-3-2-4-13(7-12)18(21)24-9-17(20)19-14-5-6-15-16(8-14)26-11-25-15/h2-8H,9-11H2,1H3,(H,19,20). The molecule has 0 radical (unpaired) electrons. The summed E-state index contributed by atoms with van der Waals surface area (Å²) in [5, 5.41) is 2.59. The third-order valence-corrected chi connectivity index (χ3v) is 4.44. The molecule has 9 heteroatoms. The van der Waals surface area contributed by atoms with Crippen molar-refractivity contribution in [2.24, 2.45) is 0 Å². The van der Waals surface area contributed by atoms with E-state index in [-0.39, 0.29) is 18.1 Å². The van der Waals surface area contributed by atoms with Gasteiger partial charge >= 0.3 is 5.97 Å². The van der Waals surface area contributed by atoms with Gasteiger partial charge in [0.05, 0.1) is 11.3 Å². The summed E-state index contributed by atoms with van der Waals surface area (Å²) in [5.41, 5.74) is 1.12. The van der Waals surface area contributed by atoms with E-state index in [0.717, 1.165) is 6.26 Å². The molecule has 3 rings (SSSR count). The Morgan fingerprint density at radius 2 is 1.89 bits per heavy atom. The maximum Gasteiger partial charge on any atom is 0.338 e. The van der Waals surface area contributed by atoms with Gasteiger partial charge in [-0.2, -0.15) is 0 Å². The SMILES string of the molecule is CS(=O)(=O)Cc1cccc(C(=O)OCC(=O)Nc2ccc3c(c2)OCO3)c1. The monoisotopic (exact) mass is 391 g/mol. The first-order chi connectivity index (χ1) is 12.8. The average molecular weight is 391 g/mol. The molecule has 1 heterocycles. The Morgan fingerprint density at radius 1 is 1.11 bits per heavy atom. The molecule has 0 bridgehead atoms. The molecule has 0 saturated heterocycles. The van der Waals surface area contributed by atoms with Gasteiger partial charge in [-0.3, -0.25) is 4.79 Å². The van der Waals surface area contributed by atoms with Gasteiger partial charge in [0, 0.05) is 18.0 Å². The topological polar surface area (TPSA) is 108 Å². The molecule has 1 aliphatic rings. The zero-order valence-electron chi connectivity index (χ0n) is 14.4. The molecule has 2 aromatic rings. The lowest BCUT2D eigenvalue weighted by atomic mass is 10.1. The molecule has 0 atom stereocenters. The molecular weight excluding hydrogens is 374 g/mol. The second-order valence-corrected chi connectivity index (χ2v) is 8.10. The van der Waals surface area contributed by atoms with Crippen molar-refractivity contribution in [1.29, 1.82) is 0 Å². The van der Waals surface area contributed by atoms with Crippen LogP contribution in [0.1, 0.15) is 15.9 Å². The van der Waals surface area contributed by atoms with Crippen LogP contribution in [0.5, 0.6) is 11.5 Å². The minimum absolute atomic E-state index is 0.128. The van der Waals surface area contributed by atoms with E-state index in [2.05, 4.69) is 5.32 Å². The van der Waals surface area contributed by atoms with Crippen molar-refractivity contribution in [3.05, 3.63) is 53.6 Å². The predicted octanol–water partition coefficient (Wildman–Crippen LogP) is 1.76. The number of hydrogen-bond acceptors (Lipinski definition) is 7. The molecule has 0 aliphatic carbocycles. The van der Waals surface area contributed by atoms with Crippen molar-refractivity contribution in [3.8, 4) is 11.5 Å². The van der Waals surface area contributed by atoms with Gasteiger partial charge in [0.1, 0.15) is 0 Å². The van der Waals surface area contributed by atoms with E-state index in [4.69, 9.17) is 14.2 Å². The van der Waals surface area contributed by atoms with Crippen LogP contribution in [0.3, 0.4) is 0 Å². The van der Waals surface area contributed by atoms with E-state index in [1.54, 1.807) is 30.3 Å². The summed E-state index contributed by atoms with van der Waals surface area (Å²) in [6.07, 6.45) is 1.11. The first-order valence-corrected chi connectivity index (χ1v) is 9.99. The molecule has 2 aromatic carbocycles. The molecule has 0 spiro atoms. The Hall–Kier alpha value is -3.07. The highest BCUT2D eigenvalue weighted by molar-refractivity contribution is 7.89. The number of sulfone groups is 1. The summed E-state index contributed by atoms with van der Waals surface area (Å²) in [5.74, 6) is -0.305. The van der Waals surface area contributed by atoms with Gasteiger partial charge in [-0.15, -0.1) is 0 Å². The predicted molar refractivity (Wildman–Crippen MR) is 96.5 cm³/mol. The van der Waals surface area contributed by atoms with E-state index < -0.39 is 28.3 Å². The highest BCUT2D eigenvalue weighted by Crippen LogP contribution is 2.34. The molecule has 0 fully saturated rings. The van der Waals surface area contributed by atoms with E-state index >= 15 is 0 Å². The van der Waals surface area contributed by atoms with E-state index in [0.29, 0.717) is 22.7 Å². The van der Waals surface area contributed by atoms with Crippen LogP contribution in [-0.2, 0) is 25.1 Å². The summed E-state index contributed by atoms with van der Waals surface area (Å²) in [6, 6.07) is 11.0. The second-order valence-electron chi connectivity index (χ2n) is 5.96. The number of nitrogens with one attached hydrogen (secondary N) is 1. The molecule has 8 nitrogen and oxygen atoms in total. The summed E-state index contributed by atoms with van der Waals surface area (Å²) >= 11 is 0. The summed E-state index contributed by atoms with van der Waals surface area (Å²) in [4.78, 5) is 24.0. The Bertz CT molecular complexity index is 985. The first kappa shape index (κ1) is 18.7. The van der Waals surface area contributed by atoms with Gasteiger partial charge in [-0.1, -0.05) is 12.1 Å². The van der Waals surface area contributed by atoms with E-state index in [1.807, 2.05) is 0 Å². The summed E-state index contributed by atoms with van der Waals surface area (Å²) in [6.45, 7) is -0.355. The van der Waals surface area contributed by atoms with Crippen LogP contribution in [0.25, 0.3) is 0 Å². The highest BCUT2D eigenvalue weighted by Gasteiger charge is 2.15. The van der Waals surface area contributed by atoms with Crippen LogP contribution in [0.4, 0.5) is 5.69 Å². The van der Waals surface area contributed by atoms with Gasteiger partial charge in [0.25, 0.3) is 5.91 Å². The molecule has 0 unspecified atom stereocenters. The zero-order valence-corrected chi connectivity index (χ0v) is 15.2. The van der Waals surface area contributed by atoms with Gasteiger partial charge in [0.15, 0.2) is 27.9 Å². The fourth-order valence-corrected chi connectivity index (χ4v) is 3.26. The van der Waals surface area contributed by atoms with Gasteiger partial charge in [-0.25, -0.2) is 13.2 Å². The lowest BCUT2D eigenvalue weighted by Gasteiger charge is -2.08. The fourth-order valence-electron chi connectivity index (χ4n) is 2.48. The van der Waals surface area contributed by atoms with Crippen molar-refractivity contribution in [1.82, 2.24) is 0 Å². The first-order valence-electron chi connectivity index (χ1n) is 7.93. The minimum atomic E-state index is -3.22. The normalized spacial score (nSPS) is 12.5. The summed E-state index contributed by atoms with van der Waals surface area (Å²) in [7, 11) is -3.22. The summed E-state index contributed by atoms with van der Waals surface area (Å²) < 4.78 is 38.1. The van der Waals surface area contributed by atoms with Crippen LogP contribution < -0.4 is 14.8 Å². The highest BCUT2D eigenvalue weighted by atomic mass is 32.2. The van der Waals surface area contributed by atoms with Gasteiger partial charge < -0.3 is 19.5 Å². The number of hydrogen-bond donors (Lipinski definition) is 1. The number of anilines is 1. The lowest BCUT2D eigenvalue weighted by Crippen LogP contribution is -2.21. The number of amides is 1. The van der Waals surface area contributed by atoms with Crippen molar-refractivity contribution in [2.75, 3.05) is 25.0 Å². The fraction of sp³-hybridized carbons (Fsp3) is 0.222. The number of benzene rings is 2. The lowest BCUT2D eigenvalue weighted by molar-refractivity contribution is -0.119. The van der Waals surface area contributed by atoms with Crippen LogP contribution in [-0.4, -0.2) is 39.9 Å². The Balaban J connectivity index is 1.55. The van der Waals surface area contributed by atoms with Crippen LogP contribution in [0.15, 0.2) is 42.5 Å². The van der Waals surface area contributed by atoms with E-state index in [1.165, 1.54) is 12.1 Å². The largest absolute Gasteiger partial charge is 0.454 e. The molecule has 1 N–H and O–H groups in total. The van der Waals surface area contributed by atoms with Crippen molar-refractivity contribution in [2.45, 2.75) is 5.75 Å². The molecular formula is C18H17NO7S. The average Bonchev–Trinajstić information content (AvgIpc) is 3.06. The van der Waals surface area contributed by atoms with Crippen molar-refractivity contribution < 1.29 is 32.2 Å². The molecule has 1 amide bonds. The van der Waals surface area contributed by atoms with Gasteiger partial charge in [0.2, 0.25) is 6.79 Å². The maximum atomic E-state index is 12.1. The minimum Gasteiger partial charge on any atom is -0.454 e. The third kappa shape index (κ3) is 5.20. The molecule has 27 heavy (non-hydrogen) atoms. The zero-order chi connectivity index (χ0) is 19.4. The van der Waals surface area contributed by atoms with Crippen molar-refractivity contribution >= 4 is 27.4 Å². The quantitative estimate of drug-likeness (QED) is 0.748. The number of ether oxygens (including phenoxy) is 3. The number of esters is 1. The Morgan fingerprint density at radius 3 is 2.67 bits per heavy atom. The molecule has 0 saturated carbocycles. The van der Waals surface area contributed by atoms with Crippen LogP contribution >= 0.6 is 0 Å².